The van der Waals surface area contributed by atoms with Gasteiger partial charge in [0.2, 0.25) is 0 Å². The minimum absolute atomic E-state index is 0.729. The van der Waals surface area contributed by atoms with Gasteiger partial charge in [-0.15, -0.1) is 0 Å². The van der Waals surface area contributed by atoms with Crippen molar-refractivity contribution in [3.63, 3.8) is 0 Å². The molecule has 1 N–H and O–H groups in total. The third-order valence-electron chi connectivity index (χ3n) is 5.62. The van der Waals surface area contributed by atoms with Crippen LogP contribution in [-0.2, 0) is 6.54 Å². The zero-order chi connectivity index (χ0) is 14.2. The second-order valence-electron chi connectivity index (χ2n) is 7.34. The van der Waals surface area contributed by atoms with E-state index in [4.69, 9.17) is 0 Å². The lowest BCUT2D eigenvalue weighted by atomic mass is 9.88. The molecule has 4 heteroatoms. The molecular weight excluding hydrogens is 260 g/mol. The summed E-state index contributed by atoms with van der Waals surface area (Å²) in [6.45, 7) is 2.00. The first-order valence-electron chi connectivity index (χ1n) is 8.53. The first-order chi connectivity index (χ1) is 10.3. The lowest BCUT2D eigenvalue weighted by Crippen LogP contribution is -2.29. The van der Waals surface area contributed by atoms with E-state index in [0.717, 1.165) is 48.4 Å². The highest BCUT2D eigenvalue weighted by molar-refractivity contribution is 5.34. The summed E-state index contributed by atoms with van der Waals surface area (Å²) < 4.78 is 0. The summed E-state index contributed by atoms with van der Waals surface area (Å²) in [6.07, 6.45) is 12.4. The Balaban J connectivity index is 1.32. The fraction of sp³-hybridized carbons (Fsp3) is 0.765. The average molecular weight is 286 g/mol. The van der Waals surface area contributed by atoms with E-state index < -0.39 is 0 Å². The maximum Gasteiger partial charge on any atom is 0.146 e. The van der Waals surface area contributed by atoms with Crippen LogP contribution in [0.5, 0.6) is 0 Å². The molecule has 3 fully saturated rings. The molecule has 0 spiro atoms. The third-order valence-corrected chi connectivity index (χ3v) is 5.62. The van der Waals surface area contributed by atoms with Crippen LogP contribution in [0.1, 0.15) is 44.2 Å². The quantitative estimate of drug-likeness (QED) is 0.873. The van der Waals surface area contributed by atoms with E-state index in [9.17, 15) is 0 Å². The van der Waals surface area contributed by atoms with Gasteiger partial charge in [0.1, 0.15) is 5.82 Å². The first-order valence-corrected chi connectivity index (χ1v) is 8.53. The van der Waals surface area contributed by atoms with Crippen molar-refractivity contribution in [1.29, 1.82) is 0 Å². The molecule has 3 aliphatic carbocycles. The fourth-order valence-corrected chi connectivity index (χ4v) is 4.22. The predicted molar refractivity (Wildman–Crippen MR) is 84.1 cm³/mol. The number of nitrogens with zero attached hydrogens (tertiary/aromatic N) is 3. The fourth-order valence-electron chi connectivity index (χ4n) is 4.22. The maximum absolute atomic E-state index is 4.60. The van der Waals surface area contributed by atoms with Gasteiger partial charge in [-0.05, 0) is 49.9 Å². The number of fused-ring (bicyclic) bond motifs is 2. The van der Waals surface area contributed by atoms with Crippen molar-refractivity contribution in [1.82, 2.24) is 15.3 Å². The smallest absolute Gasteiger partial charge is 0.146 e. The topological polar surface area (TPSA) is 41.1 Å². The molecular formula is C17H26N4. The zero-order valence-corrected chi connectivity index (χ0v) is 13.0. The Hall–Kier alpha value is -1.16. The second kappa shape index (κ2) is 5.56. The van der Waals surface area contributed by atoms with Gasteiger partial charge in [-0.2, -0.15) is 0 Å². The zero-order valence-electron chi connectivity index (χ0n) is 13.0. The number of rotatable bonds is 6. The van der Waals surface area contributed by atoms with Crippen LogP contribution in [0.25, 0.3) is 0 Å². The maximum atomic E-state index is 4.60. The van der Waals surface area contributed by atoms with Crippen LogP contribution in [0.2, 0.25) is 0 Å². The van der Waals surface area contributed by atoms with Crippen LogP contribution in [0, 0.1) is 17.8 Å². The Morgan fingerprint density at radius 2 is 2.05 bits per heavy atom. The molecule has 0 radical (unpaired) electrons. The Morgan fingerprint density at radius 3 is 2.67 bits per heavy atom. The van der Waals surface area contributed by atoms with Crippen molar-refractivity contribution in [3.05, 3.63) is 18.1 Å². The highest BCUT2D eigenvalue weighted by Gasteiger charge is 2.39. The van der Waals surface area contributed by atoms with Gasteiger partial charge in [0.05, 0.1) is 18.1 Å². The summed E-state index contributed by atoms with van der Waals surface area (Å²) >= 11 is 0. The van der Waals surface area contributed by atoms with Gasteiger partial charge in [0.25, 0.3) is 0 Å². The van der Waals surface area contributed by atoms with Crippen molar-refractivity contribution in [2.45, 2.75) is 51.1 Å². The van der Waals surface area contributed by atoms with E-state index in [1.54, 1.807) is 0 Å². The van der Waals surface area contributed by atoms with E-state index in [1.165, 1.54) is 38.5 Å². The summed E-state index contributed by atoms with van der Waals surface area (Å²) in [5.74, 6) is 3.91. The number of hydrogen-bond donors (Lipinski definition) is 1. The van der Waals surface area contributed by atoms with E-state index in [-0.39, 0.29) is 0 Å². The predicted octanol–water partition coefficient (Wildman–Crippen LogP) is 2.60. The molecule has 1 aromatic rings. The summed E-state index contributed by atoms with van der Waals surface area (Å²) in [6, 6.07) is 0.729. The molecule has 1 aromatic heterocycles. The molecule has 4 nitrogen and oxygen atoms in total. The lowest BCUT2D eigenvalue weighted by molar-refractivity contribution is 0.337. The lowest BCUT2D eigenvalue weighted by Gasteiger charge is -2.27. The number of aromatic nitrogens is 2. The molecule has 0 aliphatic heterocycles. The van der Waals surface area contributed by atoms with Gasteiger partial charge in [-0.1, -0.05) is 6.42 Å². The molecule has 3 aliphatic rings. The molecule has 3 unspecified atom stereocenters. The minimum atomic E-state index is 0.729. The highest BCUT2D eigenvalue weighted by atomic mass is 15.2. The van der Waals surface area contributed by atoms with Crippen molar-refractivity contribution in [2.24, 2.45) is 17.8 Å². The van der Waals surface area contributed by atoms with Crippen LogP contribution < -0.4 is 10.2 Å². The van der Waals surface area contributed by atoms with Crippen LogP contribution in [-0.4, -0.2) is 29.6 Å². The largest absolute Gasteiger partial charge is 0.358 e. The molecule has 0 saturated heterocycles. The SMILES string of the molecule is CN(CC1CC2CCC1C2)c1cnc(CNC2CC2)cn1. The van der Waals surface area contributed by atoms with Gasteiger partial charge in [-0.3, -0.25) is 4.98 Å². The van der Waals surface area contributed by atoms with Gasteiger partial charge >= 0.3 is 0 Å². The summed E-state index contributed by atoms with van der Waals surface area (Å²) in [5.41, 5.74) is 1.05. The molecule has 3 atom stereocenters. The molecule has 2 bridgehead atoms. The van der Waals surface area contributed by atoms with Crippen molar-refractivity contribution in [2.75, 3.05) is 18.5 Å². The molecule has 4 rings (SSSR count). The van der Waals surface area contributed by atoms with Crippen molar-refractivity contribution >= 4 is 5.82 Å². The van der Waals surface area contributed by atoms with Gasteiger partial charge < -0.3 is 10.2 Å². The molecule has 114 valence electrons. The molecule has 21 heavy (non-hydrogen) atoms. The summed E-state index contributed by atoms with van der Waals surface area (Å²) in [4.78, 5) is 11.5. The number of nitrogens with one attached hydrogen (secondary N) is 1. The first kappa shape index (κ1) is 13.5. The Labute approximate surface area is 127 Å². The Morgan fingerprint density at radius 1 is 1.14 bits per heavy atom. The van der Waals surface area contributed by atoms with Gasteiger partial charge in [0.15, 0.2) is 0 Å². The van der Waals surface area contributed by atoms with Crippen molar-refractivity contribution in [3.8, 4) is 0 Å². The molecule has 0 amide bonds. The molecule has 0 aromatic carbocycles. The highest BCUT2D eigenvalue weighted by Crippen LogP contribution is 2.48. The van der Waals surface area contributed by atoms with E-state index in [1.807, 2.05) is 12.4 Å². The van der Waals surface area contributed by atoms with Crippen LogP contribution >= 0.6 is 0 Å². The molecule has 1 heterocycles. The normalized spacial score (nSPS) is 30.8. The van der Waals surface area contributed by atoms with Crippen LogP contribution in [0.3, 0.4) is 0 Å². The van der Waals surface area contributed by atoms with E-state index in [0.29, 0.717) is 0 Å². The number of hydrogen-bond acceptors (Lipinski definition) is 4. The average Bonchev–Trinajstić information content (AvgIpc) is 3.11. The van der Waals surface area contributed by atoms with Crippen molar-refractivity contribution < 1.29 is 0 Å². The second-order valence-corrected chi connectivity index (χ2v) is 7.34. The van der Waals surface area contributed by atoms with Crippen LogP contribution in [0.15, 0.2) is 12.4 Å². The standard InChI is InChI=1S/C17H26N4/c1-21(11-14-7-12-2-3-13(14)6-12)17-10-19-16(9-20-17)8-18-15-4-5-15/h9-10,12-15,18H,2-8,11H2,1H3. The molecule has 3 saturated carbocycles. The summed E-state index contributed by atoms with van der Waals surface area (Å²) in [7, 11) is 2.16. The third kappa shape index (κ3) is 3.05. The van der Waals surface area contributed by atoms with Crippen LogP contribution in [0.4, 0.5) is 5.82 Å². The van der Waals surface area contributed by atoms with E-state index in [2.05, 4.69) is 27.2 Å². The van der Waals surface area contributed by atoms with E-state index >= 15 is 0 Å². The summed E-state index contributed by atoms with van der Waals surface area (Å²) in [5, 5.41) is 3.48. The monoisotopic (exact) mass is 286 g/mol. The van der Waals surface area contributed by atoms with Gasteiger partial charge in [-0.25, -0.2) is 4.98 Å². The minimum Gasteiger partial charge on any atom is -0.358 e. The number of anilines is 1. The Bertz CT molecular complexity index is 482. The van der Waals surface area contributed by atoms with Gasteiger partial charge in [0, 0.05) is 26.2 Å². The Kier molecular flexibility index (Phi) is 3.57.